The second-order valence-corrected chi connectivity index (χ2v) is 5.58. The SMILES string of the molecule is CSc1ccc(-n2c(C)nc3ccc(C(=O)O)cc32)cc1. The van der Waals surface area contributed by atoms with E-state index in [1.54, 1.807) is 30.0 Å². The van der Waals surface area contributed by atoms with E-state index in [2.05, 4.69) is 4.98 Å². The minimum atomic E-state index is -0.931. The number of imidazole rings is 1. The number of aromatic carboxylic acids is 1. The second-order valence-electron chi connectivity index (χ2n) is 4.70. The number of aromatic nitrogens is 2. The van der Waals surface area contributed by atoms with E-state index in [0.29, 0.717) is 0 Å². The number of fused-ring (bicyclic) bond motifs is 1. The van der Waals surface area contributed by atoms with E-state index >= 15 is 0 Å². The number of hydrogen-bond acceptors (Lipinski definition) is 3. The summed E-state index contributed by atoms with van der Waals surface area (Å²) in [4.78, 5) is 16.8. The third-order valence-corrected chi connectivity index (χ3v) is 4.14. The molecule has 0 saturated carbocycles. The van der Waals surface area contributed by atoms with Gasteiger partial charge in [-0.1, -0.05) is 0 Å². The Morgan fingerprint density at radius 1 is 1.19 bits per heavy atom. The van der Waals surface area contributed by atoms with Gasteiger partial charge in [-0.25, -0.2) is 9.78 Å². The third kappa shape index (κ3) is 2.40. The molecule has 0 saturated heterocycles. The van der Waals surface area contributed by atoms with Gasteiger partial charge in [0.15, 0.2) is 0 Å². The minimum Gasteiger partial charge on any atom is -0.478 e. The number of carboxylic acid groups (broad SMARTS) is 1. The van der Waals surface area contributed by atoms with Crippen molar-refractivity contribution in [2.75, 3.05) is 6.26 Å². The van der Waals surface area contributed by atoms with Crippen molar-refractivity contribution in [1.29, 1.82) is 0 Å². The average Bonchev–Trinajstić information content (AvgIpc) is 2.82. The Hall–Kier alpha value is -2.27. The smallest absolute Gasteiger partial charge is 0.335 e. The van der Waals surface area contributed by atoms with Crippen molar-refractivity contribution in [2.45, 2.75) is 11.8 Å². The summed E-state index contributed by atoms with van der Waals surface area (Å²) in [5.74, 6) is -0.0931. The molecule has 1 N–H and O–H groups in total. The van der Waals surface area contributed by atoms with Crippen LogP contribution in [0.3, 0.4) is 0 Å². The van der Waals surface area contributed by atoms with E-state index in [1.807, 2.05) is 42.0 Å². The number of benzene rings is 2. The molecule has 0 aliphatic rings. The largest absolute Gasteiger partial charge is 0.478 e. The number of nitrogens with zero attached hydrogens (tertiary/aromatic N) is 2. The van der Waals surface area contributed by atoms with Crippen molar-refractivity contribution in [2.24, 2.45) is 0 Å². The van der Waals surface area contributed by atoms with Gasteiger partial charge in [-0.05, 0) is 55.6 Å². The van der Waals surface area contributed by atoms with Crippen LogP contribution in [0.15, 0.2) is 47.4 Å². The first-order valence-electron chi connectivity index (χ1n) is 6.47. The van der Waals surface area contributed by atoms with Crippen molar-refractivity contribution in [3.05, 3.63) is 53.9 Å². The molecule has 3 aromatic rings. The minimum absolute atomic E-state index is 0.268. The summed E-state index contributed by atoms with van der Waals surface area (Å²) in [5.41, 5.74) is 2.86. The zero-order valence-corrected chi connectivity index (χ0v) is 12.5. The van der Waals surface area contributed by atoms with Gasteiger partial charge in [0.05, 0.1) is 16.6 Å². The number of hydrogen-bond donors (Lipinski definition) is 1. The van der Waals surface area contributed by atoms with Crippen LogP contribution in [-0.4, -0.2) is 26.9 Å². The van der Waals surface area contributed by atoms with Gasteiger partial charge in [0, 0.05) is 10.6 Å². The van der Waals surface area contributed by atoms with Crippen LogP contribution in [0.5, 0.6) is 0 Å². The van der Waals surface area contributed by atoms with Crippen LogP contribution < -0.4 is 0 Å². The molecule has 106 valence electrons. The van der Waals surface area contributed by atoms with Crippen LogP contribution in [0.4, 0.5) is 0 Å². The summed E-state index contributed by atoms with van der Waals surface area (Å²) < 4.78 is 1.98. The summed E-state index contributed by atoms with van der Waals surface area (Å²) in [7, 11) is 0. The molecule has 1 aromatic heterocycles. The van der Waals surface area contributed by atoms with Crippen LogP contribution in [0.25, 0.3) is 16.7 Å². The molecule has 0 bridgehead atoms. The molecule has 5 heteroatoms. The number of carboxylic acids is 1. The molecule has 0 amide bonds. The highest BCUT2D eigenvalue weighted by Crippen LogP contribution is 2.24. The molecule has 2 aromatic carbocycles. The molecule has 4 nitrogen and oxygen atoms in total. The maximum atomic E-state index is 11.2. The van der Waals surface area contributed by atoms with Gasteiger partial charge in [-0.3, -0.25) is 4.57 Å². The van der Waals surface area contributed by atoms with E-state index in [9.17, 15) is 4.79 Å². The number of carbonyl (C=O) groups is 1. The lowest BCUT2D eigenvalue weighted by Crippen LogP contribution is -1.99. The number of aryl methyl sites for hydroxylation is 1. The Morgan fingerprint density at radius 3 is 2.52 bits per heavy atom. The highest BCUT2D eigenvalue weighted by Gasteiger charge is 2.12. The molecule has 1 heterocycles. The lowest BCUT2D eigenvalue weighted by Gasteiger charge is -2.08. The normalized spacial score (nSPS) is 11.0. The van der Waals surface area contributed by atoms with Crippen LogP contribution in [0, 0.1) is 6.92 Å². The third-order valence-electron chi connectivity index (χ3n) is 3.40. The molecular formula is C16H14N2O2S. The van der Waals surface area contributed by atoms with Gasteiger partial charge in [0.1, 0.15) is 5.82 Å². The van der Waals surface area contributed by atoms with E-state index in [-0.39, 0.29) is 5.56 Å². The van der Waals surface area contributed by atoms with Gasteiger partial charge in [0.25, 0.3) is 0 Å². The standard InChI is InChI=1S/C16H14N2O2S/c1-10-17-14-8-3-11(16(19)20)9-15(14)18(10)12-4-6-13(21-2)7-5-12/h3-9H,1-2H3,(H,19,20). The van der Waals surface area contributed by atoms with Crippen LogP contribution in [0.1, 0.15) is 16.2 Å². The van der Waals surface area contributed by atoms with Crippen LogP contribution >= 0.6 is 11.8 Å². The number of thioether (sulfide) groups is 1. The second kappa shape index (κ2) is 5.26. The van der Waals surface area contributed by atoms with Crippen molar-refractivity contribution in [3.63, 3.8) is 0 Å². The maximum absolute atomic E-state index is 11.2. The molecule has 0 spiro atoms. The first kappa shape index (κ1) is 13.7. The van der Waals surface area contributed by atoms with Gasteiger partial charge in [-0.2, -0.15) is 0 Å². The summed E-state index contributed by atoms with van der Waals surface area (Å²) >= 11 is 1.69. The lowest BCUT2D eigenvalue weighted by atomic mass is 10.2. The summed E-state index contributed by atoms with van der Waals surface area (Å²) in [6, 6.07) is 13.1. The van der Waals surface area contributed by atoms with Crippen molar-refractivity contribution < 1.29 is 9.90 Å². The predicted molar refractivity (Wildman–Crippen MR) is 84.5 cm³/mol. The Morgan fingerprint density at radius 2 is 1.90 bits per heavy atom. The first-order chi connectivity index (χ1) is 10.1. The van der Waals surface area contributed by atoms with E-state index in [4.69, 9.17) is 5.11 Å². The van der Waals surface area contributed by atoms with Crippen molar-refractivity contribution in [3.8, 4) is 5.69 Å². The average molecular weight is 298 g/mol. The fraction of sp³-hybridized carbons (Fsp3) is 0.125. The van der Waals surface area contributed by atoms with Gasteiger partial charge < -0.3 is 5.11 Å². The highest BCUT2D eigenvalue weighted by molar-refractivity contribution is 7.98. The summed E-state index contributed by atoms with van der Waals surface area (Å²) in [6.07, 6.45) is 2.03. The van der Waals surface area contributed by atoms with Gasteiger partial charge in [-0.15, -0.1) is 11.8 Å². The molecular weight excluding hydrogens is 284 g/mol. The zero-order chi connectivity index (χ0) is 15.0. The van der Waals surface area contributed by atoms with Gasteiger partial charge >= 0.3 is 5.97 Å². The molecule has 0 atom stereocenters. The van der Waals surface area contributed by atoms with E-state index in [0.717, 1.165) is 22.5 Å². The monoisotopic (exact) mass is 298 g/mol. The Kier molecular flexibility index (Phi) is 3.43. The summed E-state index contributed by atoms with van der Waals surface area (Å²) in [5, 5.41) is 9.15. The molecule has 0 aliphatic heterocycles. The van der Waals surface area contributed by atoms with E-state index in [1.165, 1.54) is 4.90 Å². The maximum Gasteiger partial charge on any atom is 0.335 e. The van der Waals surface area contributed by atoms with Crippen molar-refractivity contribution >= 4 is 28.8 Å². The highest BCUT2D eigenvalue weighted by atomic mass is 32.2. The molecule has 3 rings (SSSR count). The first-order valence-corrected chi connectivity index (χ1v) is 7.69. The number of rotatable bonds is 3. The van der Waals surface area contributed by atoms with Gasteiger partial charge in [0.2, 0.25) is 0 Å². The molecule has 0 unspecified atom stereocenters. The van der Waals surface area contributed by atoms with Crippen LogP contribution in [-0.2, 0) is 0 Å². The molecule has 0 aliphatic carbocycles. The van der Waals surface area contributed by atoms with Crippen molar-refractivity contribution in [1.82, 2.24) is 9.55 Å². The zero-order valence-electron chi connectivity index (χ0n) is 11.7. The Balaban J connectivity index is 2.22. The predicted octanol–water partition coefficient (Wildman–Crippen LogP) is 3.75. The molecule has 21 heavy (non-hydrogen) atoms. The summed E-state index contributed by atoms with van der Waals surface area (Å²) in [6.45, 7) is 1.92. The lowest BCUT2D eigenvalue weighted by molar-refractivity contribution is 0.0697. The Bertz CT molecular complexity index is 822. The Labute approximate surface area is 126 Å². The van der Waals surface area contributed by atoms with Crippen LogP contribution in [0.2, 0.25) is 0 Å². The quantitative estimate of drug-likeness (QED) is 0.748. The topological polar surface area (TPSA) is 55.1 Å². The molecule has 0 radical (unpaired) electrons. The fourth-order valence-corrected chi connectivity index (χ4v) is 2.79. The molecule has 0 fully saturated rings. The fourth-order valence-electron chi connectivity index (χ4n) is 2.39. The van der Waals surface area contributed by atoms with E-state index < -0.39 is 5.97 Å².